The van der Waals surface area contributed by atoms with Crippen LogP contribution in [0.1, 0.15) is 96.4 Å². The molecule has 0 saturated heterocycles. The van der Waals surface area contributed by atoms with Crippen molar-refractivity contribution in [3.63, 3.8) is 0 Å². The molecule has 1 aliphatic rings. The molecule has 240 valence electrons. The molecule has 5 rings (SSSR count). The Hall–Kier alpha value is -3.04. The number of hydrogen-bond donors (Lipinski definition) is 0. The zero-order valence-electron chi connectivity index (χ0n) is 29.4. The van der Waals surface area contributed by atoms with E-state index in [0.717, 1.165) is 22.6 Å². The van der Waals surface area contributed by atoms with Gasteiger partial charge in [-0.1, -0.05) is 0 Å². The van der Waals surface area contributed by atoms with E-state index in [-0.39, 0.29) is 17.8 Å². The van der Waals surface area contributed by atoms with Crippen LogP contribution < -0.4 is 19.0 Å². The molecule has 0 aliphatic heterocycles. The van der Waals surface area contributed by atoms with Gasteiger partial charge >= 0.3 is 280 Å². The summed E-state index contributed by atoms with van der Waals surface area (Å²) in [4.78, 5) is 0. The summed E-state index contributed by atoms with van der Waals surface area (Å²) in [7, 11) is 0. The number of allylic oxidation sites excluding steroid dienone is 4. The molecule has 1 aliphatic carbocycles. The largest absolute Gasteiger partial charge is 1.00 e. The van der Waals surface area contributed by atoms with E-state index in [2.05, 4.69) is 161 Å². The van der Waals surface area contributed by atoms with Crippen LogP contribution in [-0.2, 0) is 18.6 Å². The molecule has 0 unspecified atom stereocenters. The third-order valence-corrected chi connectivity index (χ3v) is 13.2. The van der Waals surface area contributed by atoms with Crippen LogP contribution in [0.4, 0.5) is 0 Å². The molecule has 46 heavy (non-hydrogen) atoms. The second-order valence-electron chi connectivity index (χ2n) is 13.8. The average molecular weight is 669 g/mol. The van der Waals surface area contributed by atoms with Gasteiger partial charge in [0, 0.05) is 0 Å². The number of rotatable bonds is 9. The van der Waals surface area contributed by atoms with Gasteiger partial charge in [0.05, 0.1) is 0 Å². The molecular formula is C42H49ClO2Ti. The quantitative estimate of drug-likeness (QED) is 0.166. The summed E-state index contributed by atoms with van der Waals surface area (Å²) in [6.07, 6.45) is 0. The second-order valence-corrected chi connectivity index (χ2v) is 16.2. The molecule has 0 fully saturated rings. The number of hydrogen-bond acceptors (Lipinski definition) is 2. The van der Waals surface area contributed by atoms with Gasteiger partial charge < -0.3 is 12.4 Å². The van der Waals surface area contributed by atoms with Gasteiger partial charge in [-0.3, -0.25) is 0 Å². The van der Waals surface area contributed by atoms with E-state index < -0.39 is 18.6 Å². The Kier molecular flexibility index (Phi) is 11.2. The van der Waals surface area contributed by atoms with Crippen molar-refractivity contribution in [1.82, 2.24) is 0 Å². The van der Waals surface area contributed by atoms with E-state index in [0.29, 0.717) is 11.8 Å². The van der Waals surface area contributed by atoms with E-state index >= 15 is 0 Å². The molecule has 4 aromatic rings. The first-order valence-electron chi connectivity index (χ1n) is 16.3. The predicted molar refractivity (Wildman–Crippen MR) is 188 cm³/mol. The van der Waals surface area contributed by atoms with E-state index in [1.807, 2.05) is 0 Å². The van der Waals surface area contributed by atoms with Gasteiger partial charge in [0.15, 0.2) is 0 Å². The second kappa shape index (κ2) is 14.4. The molecule has 0 atom stereocenters. The molecule has 0 heterocycles. The Balaban J connectivity index is 0.00000480. The van der Waals surface area contributed by atoms with E-state index in [1.165, 1.54) is 54.0 Å². The maximum absolute atomic E-state index is 7.34. The standard InChI is InChI=1S/2C16H18O.C10H15.ClH.Ti/c2*1-11(2)13-6-4-5-7-14(13)15-10-12(3)8-9-16(15)17;1-7-6-10(4,5)9(3)8(7)2;;/h2*4-11,17H,1-3H3;1-5H3;1H;/q;;;;+3/p-3. The average Bonchev–Trinajstić information content (AvgIpc) is 3.16. The molecular weight excluding hydrogens is 620 g/mol. The van der Waals surface area contributed by atoms with Crippen molar-refractivity contribution in [3.05, 3.63) is 128 Å². The minimum Gasteiger partial charge on any atom is -1.00 e. The first kappa shape index (κ1) is 35.8. The molecule has 0 bridgehead atoms. The molecule has 2 nitrogen and oxygen atoms in total. The van der Waals surface area contributed by atoms with Gasteiger partial charge in [0.1, 0.15) is 0 Å². The van der Waals surface area contributed by atoms with Crippen LogP contribution >= 0.6 is 0 Å². The summed E-state index contributed by atoms with van der Waals surface area (Å²) in [6, 6.07) is 30.7. The van der Waals surface area contributed by atoms with Crippen molar-refractivity contribution in [2.75, 3.05) is 0 Å². The molecule has 0 saturated carbocycles. The Labute approximate surface area is 291 Å². The van der Waals surface area contributed by atoms with E-state index in [1.54, 1.807) is 0 Å². The minimum absolute atomic E-state index is 0. The molecule has 0 aromatic heterocycles. The van der Waals surface area contributed by atoms with Gasteiger partial charge in [-0.25, -0.2) is 0 Å². The van der Waals surface area contributed by atoms with Crippen molar-refractivity contribution in [2.45, 2.75) is 88.0 Å². The van der Waals surface area contributed by atoms with Gasteiger partial charge in [0.2, 0.25) is 0 Å². The normalized spacial score (nSPS) is 14.2. The molecule has 0 radical (unpaired) electrons. The maximum atomic E-state index is 7.34. The smallest absolute Gasteiger partial charge is 1.00 e. The van der Waals surface area contributed by atoms with Crippen molar-refractivity contribution < 1.29 is 37.7 Å². The fourth-order valence-corrected chi connectivity index (χ4v) is 10.1. The summed E-state index contributed by atoms with van der Waals surface area (Å²) >= 11 is -2.97. The van der Waals surface area contributed by atoms with Crippen molar-refractivity contribution >= 4 is 0 Å². The van der Waals surface area contributed by atoms with Crippen LogP contribution in [0.25, 0.3) is 22.3 Å². The van der Waals surface area contributed by atoms with Crippen LogP contribution in [0.5, 0.6) is 11.5 Å². The topological polar surface area (TPSA) is 18.5 Å². The predicted octanol–water partition coefficient (Wildman–Crippen LogP) is 9.44. The van der Waals surface area contributed by atoms with E-state index in [4.69, 9.17) is 6.64 Å². The summed E-state index contributed by atoms with van der Waals surface area (Å²) in [5, 5.41) is 0. The minimum atomic E-state index is -2.97. The van der Waals surface area contributed by atoms with E-state index in [9.17, 15) is 0 Å². The zero-order valence-corrected chi connectivity index (χ0v) is 31.7. The molecule has 4 heteroatoms. The first-order valence-corrected chi connectivity index (χ1v) is 18.4. The Morgan fingerprint density at radius 2 is 0.957 bits per heavy atom. The van der Waals surface area contributed by atoms with Gasteiger partial charge in [-0.05, 0) is 0 Å². The summed E-state index contributed by atoms with van der Waals surface area (Å²) in [5.41, 5.74) is 13.7. The van der Waals surface area contributed by atoms with Crippen LogP contribution in [0.2, 0.25) is 0 Å². The van der Waals surface area contributed by atoms with Crippen molar-refractivity contribution in [3.8, 4) is 33.8 Å². The zero-order chi connectivity index (χ0) is 32.6. The first-order chi connectivity index (χ1) is 21.3. The van der Waals surface area contributed by atoms with Gasteiger partial charge in [-0.2, -0.15) is 0 Å². The third kappa shape index (κ3) is 6.96. The van der Waals surface area contributed by atoms with Crippen LogP contribution in [0.3, 0.4) is 0 Å². The number of benzene rings is 4. The van der Waals surface area contributed by atoms with Crippen LogP contribution in [0, 0.1) is 19.3 Å². The Morgan fingerprint density at radius 1 is 0.543 bits per heavy atom. The third-order valence-electron chi connectivity index (χ3n) is 9.69. The fourth-order valence-electron chi connectivity index (χ4n) is 6.70. The molecule has 0 spiro atoms. The van der Waals surface area contributed by atoms with Crippen LogP contribution in [-0.4, -0.2) is 0 Å². The SMILES string of the molecule is CC1=C(C)C(C)(C)[C]([Ti+]([O]c2ccc(C)cc2-c2ccccc2C(C)C)[O]c2ccc(C)cc2-c2ccccc2C(C)C)=C1C.[Cl-]. The maximum Gasteiger partial charge on any atom is -1.00 e. The molecule has 0 amide bonds. The van der Waals surface area contributed by atoms with Gasteiger partial charge in [-0.15, -0.1) is 0 Å². The van der Waals surface area contributed by atoms with Gasteiger partial charge in [0.25, 0.3) is 0 Å². The summed E-state index contributed by atoms with van der Waals surface area (Å²) in [5.74, 6) is 2.59. The van der Waals surface area contributed by atoms with Crippen molar-refractivity contribution in [1.29, 1.82) is 0 Å². The number of aryl methyl sites for hydroxylation is 2. The Bertz CT molecular complexity index is 1690. The van der Waals surface area contributed by atoms with Crippen molar-refractivity contribution in [2.24, 2.45) is 5.41 Å². The monoisotopic (exact) mass is 668 g/mol. The molecule has 0 N–H and O–H groups in total. The summed E-state index contributed by atoms with van der Waals surface area (Å²) < 4.78 is 16.0. The fraction of sp³-hybridized carbons (Fsp3) is 0.333. The van der Waals surface area contributed by atoms with Crippen LogP contribution in [0.15, 0.2) is 106 Å². The summed E-state index contributed by atoms with van der Waals surface area (Å²) in [6.45, 7) is 24.8. The number of halogens is 1. The Morgan fingerprint density at radius 3 is 1.33 bits per heavy atom. The molecule has 4 aromatic carbocycles.